The van der Waals surface area contributed by atoms with E-state index < -0.39 is 23.4 Å². The van der Waals surface area contributed by atoms with E-state index in [1.54, 1.807) is 27.7 Å². The van der Waals surface area contributed by atoms with Gasteiger partial charge in [-0.25, -0.2) is 4.79 Å². The largest absolute Gasteiger partial charge is 0.442 e. The van der Waals surface area contributed by atoms with Crippen molar-refractivity contribution in [2.45, 2.75) is 58.4 Å². The van der Waals surface area contributed by atoms with Gasteiger partial charge in [-0.2, -0.15) is 18.2 Å². The van der Waals surface area contributed by atoms with Crippen molar-refractivity contribution < 1.29 is 22.7 Å². The first-order valence-electron chi connectivity index (χ1n) is 8.90. The van der Waals surface area contributed by atoms with Crippen molar-refractivity contribution in [2.24, 2.45) is 4.99 Å². The van der Waals surface area contributed by atoms with Gasteiger partial charge in [0.2, 0.25) is 0 Å². The number of nitrogens with one attached hydrogen (secondary N) is 1. The number of carbonyl (C=O) groups excluding carboxylic acids is 1. The molecule has 1 amide bonds. The lowest BCUT2D eigenvalue weighted by molar-refractivity contribution is -0.137. The summed E-state index contributed by atoms with van der Waals surface area (Å²) >= 11 is 5.45. The Balaban J connectivity index is 2.05. The minimum Gasteiger partial charge on any atom is -0.442 e. The van der Waals surface area contributed by atoms with Gasteiger partial charge in [0.1, 0.15) is 16.4 Å². The Morgan fingerprint density at radius 2 is 1.86 bits per heavy atom. The molecule has 0 saturated carbocycles. The molecule has 0 aliphatic carbocycles. The lowest BCUT2D eigenvalue weighted by Gasteiger charge is -2.28. The van der Waals surface area contributed by atoms with E-state index in [1.165, 1.54) is 12.1 Å². The Kier molecular flexibility index (Phi) is 6.69. The summed E-state index contributed by atoms with van der Waals surface area (Å²) in [4.78, 5) is 18.0. The van der Waals surface area contributed by atoms with Gasteiger partial charge in [0.25, 0.3) is 0 Å². The third kappa shape index (κ3) is 6.19. The van der Waals surface area contributed by atoms with Crippen LogP contribution in [-0.2, 0) is 10.9 Å². The van der Waals surface area contributed by atoms with Crippen LogP contribution < -0.4 is 10.2 Å². The Morgan fingerprint density at radius 3 is 2.39 bits per heavy atom. The molecule has 1 saturated heterocycles. The minimum absolute atomic E-state index is 0.185. The number of alkyl halides is 3. The molecule has 1 atom stereocenters. The molecule has 1 aromatic carbocycles. The van der Waals surface area contributed by atoms with Crippen LogP contribution in [0, 0.1) is 0 Å². The monoisotopic (exact) mass is 415 g/mol. The van der Waals surface area contributed by atoms with E-state index in [0.717, 1.165) is 25.0 Å². The molecule has 1 aliphatic rings. The smallest absolute Gasteiger partial charge is 0.435 e. The first-order chi connectivity index (χ1) is 12.9. The zero-order valence-electron chi connectivity index (χ0n) is 16.3. The number of rotatable bonds is 2. The zero-order chi connectivity index (χ0) is 21.1. The molecule has 5 nitrogen and oxygen atoms in total. The predicted molar refractivity (Wildman–Crippen MR) is 107 cm³/mol. The average Bonchev–Trinajstić information content (AvgIpc) is 3.01. The molecule has 154 valence electrons. The number of benzene rings is 1. The molecule has 9 heteroatoms. The number of aliphatic imine (C=N–C) groups is 1. The number of carbonyl (C=O) groups is 1. The maximum atomic E-state index is 12.8. The fraction of sp³-hybridized carbons (Fsp3) is 0.526. The maximum Gasteiger partial charge on any atom is 0.435 e. The van der Waals surface area contributed by atoms with Crippen molar-refractivity contribution in [2.75, 3.05) is 11.4 Å². The highest BCUT2D eigenvalue weighted by Gasteiger charge is 2.32. The lowest BCUT2D eigenvalue weighted by Crippen LogP contribution is -2.44. The van der Waals surface area contributed by atoms with Crippen LogP contribution in [0.1, 0.15) is 46.1 Å². The fourth-order valence-corrected chi connectivity index (χ4v) is 3.29. The highest BCUT2D eigenvalue weighted by molar-refractivity contribution is 7.80. The van der Waals surface area contributed by atoms with Gasteiger partial charge in [0, 0.05) is 12.2 Å². The van der Waals surface area contributed by atoms with Crippen molar-refractivity contribution in [3.63, 3.8) is 0 Å². The second kappa shape index (κ2) is 8.46. The standard InChI is InChI=1S/C19H24F3N3O2S/c1-12(24-17(26)27-18(2,3)4)23-16(28)15-6-5-11-25(15)14-9-7-13(8-10-14)19(20,21)22/h7-10,15H,5-6,11H2,1-4H3,(H,23,24,26,28)/t15-/m1/s1. The van der Waals surface area contributed by atoms with Crippen molar-refractivity contribution in [1.29, 1.82) is 0 Å². The normalized spacial score (nSPS) is 18.2. The summed E-state index contributed by atoms with van der Waals surface area (Å²) in [6.07, 6.45) is -3.47. The third-order valence-corrected chi connectivity index (χ3v) is 4.41. The third-order valence-electron chi connectivity index (χ3n) is 4.04. The van der Waals surface area contributed by atoms with Crippen molar-refractivity contribution >= 4 is 34.8 Å². The molecule has 28 heavy (non-hydrogen) atoms. The Hall–Kier alpha value is -2.16. The van der Waals surface area contributed by atoms with Crippen molar-refractivity contribution in [1.82, 2.24) is 5.32 Å². The van der Waals surface area contributed by atoms with Crippen LogP contribution in [-0.4, -0.2) is 35.1 Å². The highest BCUT2D eigenvalue weighted by atomic mass is 32.1. The van der Waals surface area contributed by atoms with Crippen LogP contribution in [0.3, 0.4) is 0 Å². The number of hydrogen-bond donors (Lipinski definition) is 1. The number of nitrogens with zero attached hydrogens (tertiary/aromatic N) is 2. The van der Waals surface area contributed by atoms with E-state index in [0.29, 0.717) is 23.1 Å². The fourth-order valence-electron chi connectivity index (χ4n) is 2.90. The molecule has 0 unspecified atom stereocenters. The molecular formula is C19H24F3N3O2S. The molecule has 0 spiro atoms. The summed E-state index contributed by atoms with van der Waals surface area (Å²) in [6, 6.07) is 4.85. The van der Waals surface area contributed by atoms with E-state index in [1.807, 2.05) is 4.90 Å². The molecule has 1 heterocycles. The second-order valence-corrected chi connectivity index (χ2v) is 8.00. The number of halogens is 3. The number of ether oxygens (including phenoxy) is 1. The maximum absolute atomic E-state index is 12.8. The Morgan fingerprint density at radius 1 is 1.25 bits per heavy atom. The summed E-state index contributed by atoms with van der Waals surface area (Å²) in [5, 5.41) is 2.93. The minimum atomic E-state index is -4.37. The number of anilines is 1. The van der Waals surface area contributed by atoms with Gasteiger partial charge in [-0.05, 0) is 64.8 Å². The van der Waals surface area contributed by atoms with Gasteiger partial charge in [-0.1, -0.05) is 12.2 Å². The van der Waals surface area contributed by atoms with E-state index in [9.17, 15) is 18.0 Å². The molecule has 1 fully saturated rings. The first kappa shape index (κ1) is 22.1. The molecule has 1 aliphatic heterocycles. The summed E-state index contributed by atoms with van der Waals surface area (Å²) in [6.45, 7) is 7.52. The lowest BCUT2D eigenvalue weighted by atomic mass is 10.1. The molecule has 1 N–H and O–H groups in total. The van der Waals surface area contributed by atoms with Crippen LogP contribution in [0.5, 0.6) is 0 Å². The van der Waals surface area contributed by atoms with E-state index in [-0.39, 0.29) is 6.04 Å². The quantitative estimate of drug-likeness (QED) is 0.421. The Bertz CT molecular complexity index is 755. The van der Waals surface area contributed by atoms with Gasteiger partial charge < -0.3 is 15.0 Å². The van der Waals surface area contributed by atoms with Gasteiger partial charge in [0.05, 0.1) is 11.6 Å². The van der Waals surface area contributed by atoms with Crippen molar-refractivity contribution in [3.8, 4) is 0 Å². The molecule has 0 bridgehead atoms. The number of amidine groups is 1. The predicted octanol–water partition coefficient (Wildman–Crippen LogP) is 4.94. The average molecular weight is 415 g/mol. The summed E-state index contributed by atoms with van der Waals surface area (Å²) in [5.74, 6) is 0.304. The molecular weight excluding hydrogens is 391 g/mol. The second-order valence-electron chi connectivity index (χ2n) is 7.56. The number of hydrogen-bond acceptors (Lipinski definition) is 4. The number of thiocarbonyl (C=S) groups is 1. The topological polar surface area (TPSA) is 53.9 Å². The molecule has 2 rings (SSSR count). The van der Waals surface area contributed by atoms with E-state index in [2.05, 4.69) is 10.3 Å². The van der Waals surface area contributed by atoms with Crippen LogP contribution in [0.2, 0.25) is 0 Å². The van der Waals surface area contributed by atoms with Crippen LogP contribution in [0.25, 0.3) is 0 Å². The van der Waals surface area contributed by atoms with E-state index in [4.69, 9.17) is 17.0 Å². The van der Waals surface area contributed by atoms with Gasteiger partial charge in [-0.15, -0.1) is 0 Å². The summed E-state index contributed by atoms with van der Waals surface area (Å²) < 4.78 is 43.4. The molecule has 0 aromatic heterocycles. The Labute approximate surface area is 168 Å². The van der Waals surface area contributed by atoms with Gasteiger partial charge in [0.15, 0.2) is 0 Å². The van der Waals surface area contributed by atoms with Crippen LogP contribution in [0.15, 0.2) is 29.3 Å². The van der Waals surface area contributed by atoms with Crippen LogP contribution >= 0.6 is 12.2 Å². The summed E-state index contributed by atoms with van der Waals surface area (Å²) in [7, 11) is 0. The van der Waals surface area contributed by atoms with Crippen molar-refractivity contribution in [3.05, 3.63) is 29.8 Å². The van der Waals surface area contributed by atoms with Crippen LogP contribution in [0.4, 0.5) is 23.7 Å². The van der Waals surface area contributed by atoms with Gasteiger partial charge >= 0.3 is 12.3 Å². The summed E-state index contributed by atoms with van der Waals surface area (Å²) in [5.41, 5.74) is -0.666. The van der Waals surface area contributed by atoms with Gasteiger partial charge in [-0.3, -0.25) is 0 Å². The van der Waals surface area contributed by atoms with E-state index >= 15 is 0 Å². The molecule has 0 radical (unpaired) electrons. The first-order valence-corrected chi connectivity index (χ1v) is 9.31. The molecule has 1 aromatic rings. The SMILES string of the molecule is CC(=NC(=O)OC(C)(C)C)NC(=S)[C@H]1CCCN1c1ccc(C(F)(F)F)cc1. The number of amides is 1. The zero-order valence-corrected chi connectivity index (χ0v) is 17.1. The highest BCUT2D eigenvalue weighted by Crippen LogP contribution is 2.32.